The second kappa shape index (κ2) is 6.31. The second-order valence-electron chi connectivity index (χ2n) is 5.93. The van der Waals surface area contributed by atoms with Crippen molar-refractivity contribution in [1.29, 1.82) is 0 Å². The van der Waals surface area contributed by atoms with Crippen molar-refractivity contribution in [2.45, 2.75) is 32.4 Å². The van der Waals surface area contributed by atoms with Crippen molar-refractivity contribution in [2.75, 3.05) is 18.0 Å². The van der Waals surface area contributed by atoms with Gasteiger partial charge in [-0.15, -0.1) is 0 Å². The predicted octanol–water partition coefficient (Wildman–Crippen LogP) is 3.92. The van der Waals surface area contributed by atoms with Gasteiger partial charge in [0.05, 0.1) is 6.04 Å². The van der Waals surface area contributed by atoms with Crippen LogP contribution < -0.4 is 10.2 Å². The van der Waals surface area contributed by atoms with E-state index < -0.39 is 0 Å². The zero-order valence-corrected chi connectivity index (χ0v) is 12.9. The van der Waals surface area contributed by atoms with E-state index in [4.69, 9.17) is 0 Å². The minimum Gasteiger partial charge on any atom is -0.362 e. The molecule has 1 saturated heterocycles. The average Bonchev–Trinajstić information content (AvgIpc) is 2.55. The Labute approximate surface area is 127 Å². The zero-order valence-electron chi connectivity index (χ0n) is 12.9. The molecule has 1 heterocycles. The summed E-state index contributed by atoms with van der Waals surface area (Å²) >= 11 is 0. The highest BCUT2D eigenvalue weighted by molar-refractivity contribution is 5.51. The Hall–Kier alpha value is -1.80. The van der Waals surface area contributed by atoms with Crippen molar-refractivity contribution in [3.05, 3.63) is 65.7 Å². The molecule has 2 aromatic carbocycles. The van der Waals surface area contributed by atoms with E-state index in [1.807, 2.05) is 0 Å². The lowest BCUT2D eigenvalue weighted by Crippen LogP contribution is -2.52. The lowest BCUT2D eigenvalue weighted by Gasteiger charge is -2.42. The van der Waals surface area contributed by atoms with E-state index in [1.165, 1.54) is 23.2 Å². The fourth-order valence-electron chi connectivity index (χ4n) is 3.16. The maximum Gasteiger partial charge on any atom is 0.0667 e. The van der Waals surface area contributed by atoms with Gasteiger partial charge in [0.1, 0.15) is 0 Å². The van der Waals surface area contributed by atoms with E-state index in [0.717, 1.165) is 13.1 Å². The number of anilines is 1. The van der Waals surface area contributed by atoms with Gasteiger partial charge < -0.3 is 10.2 Å². The molecule has 2 atom stereocenters. The molecule has 0 aromatic heterocycles. The molecule has 2 aromatic rings. The molecule has 2 heteroatoms. The van der Waals surface area contributed by atoms with Crippen molar-refractivity contribution >= 4 is 5.69 Å². The molecule has 0 radical (unpaired) electrons. The predicted molar refractivity (Wildman–Crippen MR) is 89.8 cm³/mol. The molecule has 2 unspecified atom stereocenters. The summed E-state index contributed by atoms with van der Waals surface area (Å²) in [5, 5.41) is 3.69. The summed E-state index contributed by atoms with van der Waals surface area (Å²) in [7, 11) is 0. The number of piperazine rings is 1. The van der Waals surface area contributed by atoms with Crippen LogP contribution in [0.2, 0.25) is 0 Å². The largest absolute Gasteiger partial charge is 0.362 e. The standard InChI is InChI=1S/C19H24N2/c1-3-17-14-21(18-11-7-8-15(2)12-18)19(13-20-17)16-9-5-4-6-10-16/h4-12,17,19-20H,3,13-14H2,1-2H3. The summed E-state index contributed by atoms with van der Waals surface area (Å²) < 4.78 is 0. The van der Waals surface area contributed by atoms with E-state index in [0.29, 0.717) is 12.1 Å². The summed E-state index contributed by atoms with van der Waals surface area (Å²) in [5.74, 6) is 0. The Kier molecular flexibility index (Phi) is 4.26. The molecule has 0 bridgehead atoms. The van der Waals surface area contributed by atoms with Gasteiger partial charge in [-0.1, -0.05) is 49.4 Å². The Morgan fingerprint density at radius 1 is 1.10 bits per heavy atom. The van der Waals surface area contributed by atoms with Gasteiger partial charge in [-0.25, -0.2) is 0 Å². The normalized spacial score (nSPS) is 22.3. The number of rotatable bonds is 3. The smallest absolute Gasteiger partial charge is 0.0667 e. The number of aryl methyl sites for hydroxylation is 1. The van der Waals surface area contributed by atoms with Crippen molar-refractivity contribution in [2.24, 2.45) is 0 Å². The molecule has 2 nitrogen and oxygen atoms in total. The van der Waals surface area contributed by atoms with Gasteiger partial charge in [-0.05, 0) is 36.6 Å². The lowest BCUT2D eigenvalue weighted by atomic mass is 9.99. The lowest BCUT2D eigenvalue weighted by molar-refractivity contribution is 0.390. The van der Waals surface area contributed by atoms with Gasteiger partial charge in [-0.2, -0.15) is 0 Å². The number of nitrogens with one attached hydrogen (secondary N) is 1. The van der Waals surface area contributed by atoms with Crippen LogP contribution in [0.25, 0.3) is 0 Å². The molecule has 21 heavy (non-hydrogen) atoms. The Balaban J connectivity index is 1.94. The van der Waals surface area contributed by atoms with Crippen LogP contribution in [-0.4, -0.2) is 19.1 Å². The van der Waals surface area contributed by atoms with Gasteiger partial charge >= 0.3 is 0 Å². The van der Waals surface area contributed by atoms with Crippen LogP contribution in [0.15, 0.2) is 54.6 Å². The van der Waals surface area contributed by atoms with Crippen molar-refractivity contribution < 1.29 is 0 Å². The van der Waals surface area contributed by atoms with Gasteiger partial charge in [0.15, 0.2) is 0 Å². The highest BCUT2D eigenvalue weighted by Crippen LogP contribution is 2.30. The fourth-order valence-corrected chi connectivity index (χ4v) is 3.16. The Morgan fingerprint density at radius 3 is 2.62 bits per heavy atom. The zero-order chi connectivity index (χ0) is 14.7. The number of hydrogen-bond acceptors (Lipinski definition) is 2. The van der Waals surface area contributed by atoms with Crippen molar-refractivity contribution in [1.82, 2.24) is 5.32 Å². The van der Waals surface area contributed by atoms with Crippen LogP contribution in [-0.2, 0) is 0 Å². The summed E-state index contributed by atoms with van der Waals surface area (Å²) in [6.07, 6.45) is 1.17. The minimum atomic E-state index is 0.413. The molecular formula is C19H24N2. The summed E-state index contributed by atoms with van der Waals surface area (Å²) in [6.45, 7) is 6.51. The van der Waals surface area contributed by atoms with E-state index >= 15 is 0 Å². The summed E-state index contributed by atoms with van der Waals surface area (Å²) in [5.41, 5.74) is 4.05. The maximum atomic E-state index is 3.69. The molecular weight excluding hydrogens is 256 g/mol. The topological polar surface area (TPSA) is 15.3 Å². The molecule has 0 spiro atoms. The number of benzene rings is 2. The van der Waals surface area contributed by atoms with Gasteiger partial charge in [0.2, 0.25) is 0 Å². The third-order valence-electron chi connectivity index (χ3n) is 4.40. The molecule has 0 aliphatic carbocycles. The highest BCUT2D eigenvalue weighted by atomic mass is 15.2. The van der Waals surface area contributed by atoms with Crippen LogP contribution in [0.5, 0.6) is 0 Å². The third kappa shape index (κ3) is 3.11. The third-order valence-corrected chi connectivity index (χ3v) is 4.40. The van der Waals surface area contributed by atoms with Crippen LogP contribution in [0.3, 0.4) is 0 Å². The molecule has 0 amide bonds. The van der Waals surface area contributed by atoms with Crippen LogP contribution >= 0.6 is 0 Å². The van der Waals surface area contributed by atoms with Crippen molar-refractivity contribution in [3.8, 4) is 0 Å². The van der Waals surface area contributed by atoms with E-state index in [9.17, 15) is 0 Å². The first kappa shape index (κ1) is 14.2. The highest BCUT2D eigenvalue weighted by Gasteiger charge is 2.28. The summed E-state index contributed by atoms with van der Waals surface area (Å²) in [4.78, 5) is 2.56. The SMILES string of the molecule is CCC1CN(c2cccc(C)c2)C(c2ccccc2)CN1. The first-order chi connectivity index (χ1) is 10.3. The monoisotopic (exact) mass is 280 g/mol. The molecule has 0 saturated carbocycles. The van der Waals surface area contributed by atoms with E-state index in [-0.39, 0.29) is 0 Å². The van der Waals surface area contributed by atoms with Gasteiger partial charge in [0.25, 0.3) is 0 Å². The molecule has 1 aliphatic rings. The second-order valence-corrected chi connectivity index (χ2v) is 5.93. The first-order valence-corrected chi connectivity index (χ1v) is 7.89. The van der Waals surface area contributed by atoms with Gasteiger partial charge in [0, 0.05) is 24.8 Å². The molecule has 110 valence electrons. The summed E-state index contributed by atoms with van der Waals surface area (Å²) in [6, 6.07) is 20.7. The van der Waals surface area contributed by atoms with Crippen LogP contribution in [0.4, 0.5) is 5.69 Å². The van der Waals surface area contributed by atoms with E-state index in [1.54, 1.807) is 0 Å². The first-order valence-electron chi connectivity index (χ1n) is 7.89. The maximum absolute atomic E-state index is 3.69. The molecule has 1 fully saturated rings. The van der Waals surface area contributed by atoms with Crippen LogP contribution in [0.1, 0.15) is 30.5 Å². The van der Waals surface area contributed by atoms with Crippen LogP contribution in [0, 0.1) is 6.92 Å². The number of hydrogen-bond donors (Lipinski definition) is 1. The minimum absolute atomic E-state index is 0.413. The van der Waals surface area contributed by atoms with Gasteiger partial charge in [-0.3, -0.25) is 0 Å². The quantitative estimate of drug-likeness (QED) is 0.916. The average molecular weight is 280 g/mol. The van der Waals surface area contributed by atoms with E-state index in [2.05, 4.69) is 78.7 Å². The fraction of sp³-hybridized carbons (Fsp3) is 0.368. The van der Waals surface area contributed by atoms with Crippen molar-refractivity contribution in [3.63, 3.8) is 0 Å². The molecule has 3 rings (SSSR count). The molecule has 1 N–H and O–H groups in total. The Bertz CT molecular complexity index is 579. The molecule has 1 aliphatic heterocycles. The Morgan fingerprint density at radius 2 is 1.90 bits per heavy atom. The number of nitrogens with zero attached hydrogens (tertiary/aromatic N) is 1.